The molecule has 0 aliphatic heterocycles. The molecular weight excluding hydrogens is 368 g/mol. The van der Waals surface area contributed by atoms with Crippen molar-refractivity contribution < 1.29 is 14.6 Å². The predicted octanol–water partition coefficient (Wildman–Crippen LogP) is 2.66. The van der Waals surface area contributed by atoms with E-state index in [-0.39, 0.29) is 25.1 Å². The number of benzene rings is 2. The Bertz CT molecular complexity index is 934. The molecule has 0 aliphatic rings. The number of nitrogens with zero attached hydrogens (tertiary/aromatic N) is 1. The zero-order valence-corrected chi connectivity index (χ0v) is 16.6. The summed E-state index contributed by atoms with van der Waals surface area (Å²) in [6.07, 6.45) is 3.41. The zero-order chi connectivity index (χ0) is 20.9. The Hall–Kier alpha value is -3.16. The fraction of sp³-hybridized carbons (Fsp3) is 0.273. The van der Waals surface area contributed by atoms with E-state index in [9.17, 15) is 9.90 Å². The molecule has 3 rings (SSSR count). The SMILES string of the molecule is CC(C)(O)COc1cc(C(=O)NC(CN)c2ccccc2)ccc1-c1cn[nH]c1. The number of H-pyrrole nitrogens is 1. The van der Waals surface area contributed by atoms with Crippen molar-refractivity contribution in [1.82, 2.24) is 15.5 Å². The van der Waals surface area contributed by atoms with E-state index >= 15 is 0 Å². The molecular formula is C22H26N4O3. The maximum Gasteiger partial charge on any atom is 0.251 e. The van der Waals surface area contributed by atoms with Crippen molar-refractivity contribution in [1.29, 1.82) is 0 Å². The zero-order valence-electron chi connectivity index (χ0n) is 16.6. The molecule has 0 fully saturated rings. The Morgan fingerprint density at radius 1 is 1.28 bits per heavy atom. The molecule has 3 aromatic rings. The van der Waals surface area contributed by atoms with Gasteiger partial charge in [-0.25, -0.2) is 0 Å². The minimum Gasteiger partial charge on any atom is -0.490 e. The smallest absolute Gasteiger partial charge is 0.251 e. The number of aromatic nitrogens is 2. The molecule has 29 heavy (non-hydrogen) atoms. The van der Waals surface area contributed by atoms with Crippen LogP contribution in [0.4, 0.5) is 0 Å². The van der Waals surface area contributed by atoms with Gasteiger partial charge in [0.15, 0.2) is 0 Å². The Morgan fingerprint density at radius 2 is 2.03 bits per heavy atom. The number of rotatable bonds is 8. The number of aromatic amines is 1. The lowest BCUT2D eigenvalue weighted by Crippen LogP contribution is -2.33. The van der Waals surface area contributed by atoms with Crippen LogP contribution in [0.2, 0.25) is 0 Å². The van der Waals surface area contributed by atoms with Crippen LogP contribution >= 0.6 is 0 Å². The summed E-state index contributed by atoms with van der Waals surface area (Å²) in [7, 11) is 0. The number of amides is 1. The van der Waals surface area contributed by atoms with E-state index in [1.165, 1.54) is 0 Å². The summed E-state index contributed by atoms with van der Waals surface area (Å²) < 4.78 is 5.84. The van der Waals surface area contributed by atoms with E-state index in [1.807, 2.05) is 30.3 Å². The molecule has 152 valence electrons. The first-order valence-corrected chi connectivity index (χ1v) is 9.41. The molecule has 0 aliphatic carbocycles. The van der Waals surface area contributed by atoms with E-state index in [2.05, 4.69) is 15.5 Å². The van der Waals surface area contributed by atoms with Gasteiger partial charge in [-0.15, -0.1) is 0 Å². The lowest BCUT2D eigenvalue weighted by molar-refractivity contribution is 0.0287. The molecule has 0 saturated heterocycles. The van der Waals surface area contributed by atoms with Crippen molar-refractivity contribution >= 4 is 5.91 Å². The average Bonchev–Trinajstić information content (AvgIpc) is 3.25. The molecule has 7 heteroatoms. The summed E-state index contributed by atoms with van der Waals surface area (Å²) in [5, 5.41) is 19.7. The Kier molecular flexibility index (Phi) is 6.31. The quantitative estimate of drug-likeness (QED) is 0.469. The highest BCUT2D eigenvalue weighted by molar-refractivity contribution is 5.95. The van der Waals surface area contributed by atoms with Gasteiger partial charge in [-0.3, -0.25) is 9.89 Å². The number of hydrogen-bond donors (Lipinski definition) is 4. The van der Waals surface area contributed by atoms with Gasteiger partial charge < -0.3 is 20.9 Å². The van der Waals surface area contributed by atoms with Crippen LogP contribution in [0.3, 0.4) is 0 Å². The molecule has 2 aromatic carbocycles. The molecule has 0 radical (unpaired) electrons. The largest absolute Gasteiger partial charge is 0.490 e. The monoisotopic (exact) mass is 394 g/mol. The van der Waals surface area contributed by atoms with Crippen LogP contribution in [0.1, 0.15) is 35.8 Å². The van der Waals surface area contributed by atoms with E-state index in [1.54, 1.807) is 44.4 Å². The van der Waals surface area contributed by atoms with Gasteiger partial charge >= 0.3 is 0 Å². The van der Waals surface area contributed by atoms with E-state index in [0.29, 0.717) is 11.3 Å². The average molecular weight is 394 g/mol. The molecule has 0 saturated carbocycles. The van der Waals surface area contributed by atoms with Gasteiger partial charge in [-0.1, -0.05) is 30.3 Å². The van der Waals surface area contributed by atoms with Crippen LogP contribution in [-0.4, -0.2) is 40.0 Å². The molecule has 0 bridgehead atoms. The summed E-state index contributed by atoms with van der Waals surface area (Å²) in [5.41, 5.74) is 7.84. The number of nitrogens with one attached hydrogen (secondary N) is 2. The third-order valence-electron chi connectivity index (χ3n) is 4.38. The Morgan fingerprint density at radius 3 is 2.66 bits per heavy atom. The third-order valence-corrected chi connectivity index (χ3v) is 4.38. The van der Waals surface area contributed by atoms with Gasteiger partial charge in [0.25, 0.3) is 5.91 Å². The fourth-order valence-corrected chi connectivity index (χ4v) is 2.88. The normalized spacial score (nSPS) is 12.4. The summed E-state index contributed by atoms with van der Waals surface area (Å²) in [4.78, 5) is 12.8. The standard InChI is InChI=1S/C22H26N4O3/c1-22(2,28)14-29-20-10-16(8-9-18(20)17-12-24-25-13-17)21(27)26-19(11-23)15-6-4-3-5-7-15/h3-10,12-13,19,28H,11,14,23H2,1-2H3,(H,24,25)(H,26,27). The van der Waals surface area contributed by atoms with Crippen LogP contribution in [-0.2, 0) is 0 Å². The molecule has 0 spiro atoms. The van der Waals surface area contributed by atoms with Gasteiger partial charge in [0.2, 0.25) is 0 Å². The molecule has 7 nitrogen and oxygen atoms in total. The van der Waals surface area contributed by atoms with Crippen molar-refractivity contribution in [3.8, 4) is 16.9 Å². The summed E-state index contributed by atoms with van der Waals surface area (Å²) >= 11 is 0. The highest BCUT2D eigenvalue weighted by Gasteiger charge is 2.19. The van der Waals surface area contributed by atoms with Crippen molar-refractivity contribution in [2.45, 2.75) is 25.5 Å². The predicted molar refractivity (Wildman–Crippen MR) is 112 cm³/mol. The Balaban J connectivity index is 1.85. The molecule has 1 atom stereocenters. The van der Waals surface area contributed by atoms with Gasteiger partial charge in [0, 0.05) is 29.4 Å². The van der Waals surface area contributed by atoms with Crippen molar-refractivity contribution in [2.75, 3.05) is 13.2 Å². The first kappa shape index (κ1) is 20.6. The van der Waals surface area contributed by atoms with Crippen molar-refractivity contribution in [3.05, 3.63) is 72.1 Å². The van der Waals surface area contributed by atoms with Crippen LogP contribution in [0.15, 0.2) is 60.9 Å². The van der Waals surface area contributed by atoms with Crippen LogP contribution < -0.4 is 15.8 Å². The summed E-state index contributed by atoms with van der Waals surface area (Å²) in [6, 6.07) is 14.5. The number of nitrogens with two attached hydrogens (primary N) is 1. The highest BCUT2D eigenvalue weighted by atomic mass is 16.5. The van der Waals surface area contributed by atoms with E-state index in [0.717, 1.165) is 16.7 Å². The number of carbonyl (C=O) groups is 1. The second-order valence-corrected chi connectivity index (χ2v) is 7.47. The van der Waals surface area contributed by atoms with Crippen LogP contribution in [0, 0.1) is 0 Å². The second kappa shape index (κ2) is 8.89. The lowest BCUT2D eigenvalue weighted by atomic mass is 10.0. The van der Waals surface area contributed by atoms with Gasteiger partial charge in [0.05, 0.1) is 17.8 Å². The van der Waals surface area contributed by atoms with Gasteiger partial charge in [-0.05, 0) is 37.6 Å². The lowest BCUT2D eigenvalue weighted by Gasteiger charge is -2.21. The minimum atomic E-state index is -1.01. The van der Waals surface area contributed by atoms with E-state index in [4.69, 9.17) is 10.5 Å². The van der Waals surface area contributed by atoms with Gasteiger partial charge in [-0.2, -0.15) is 5.10 Å². The second-order valence-electron chi connectivity index (χ2n) is 7.47. The number of ether oxygens (including phenoxy) is 1. The van der Waals surface area contributed by atoms with Crippen LogP contribution in [0.25, 0.3) is 11.1 Å². The Labute approximate surface area is 169 Å². The number of hydrogen-bond acceptors (Lipinski definition) is 5. The van der Waals surface area contributed by atoms with E-state index < -0.39 is 5.60 Å². The first-order chi connectivity index (χ1) is 13.9. The molecule has 1 heterocycles. The fourth-order valence-electron chi connectivity index (χ4n) is 2.88. The highest BCUT2D eigenvalue weighted by Crippen LogP contribution is 2.31. The molecule has 1 unspecified atom stereocenters. The van der Waals surface area contributed by atoms with Crippen molar-refractivity contribution in [3.63, 3.8) is 0 Å². The number of carbonyl (C=O) groups excluding carboxylic acids is 1. The number of aliphatic hydroxyl groups is 1. The third kappa shape index (κ3) is 5.43. The maximum atomic E-state index is 12.8. The van der Waals surface area contributed by atoms with Gasteiger partial charge in [0.1, 0.15) is 12.4 Å². The molecule has 1 amide bonds. The summed E-state index contributed by atoms with van der Waals surface area (Å²) in [5.74, 6) is 0.237. The maximum absolute atomic E-state index is 12.8. The summed E-state index contributed by atoms with van der Waals surface area (Å²) in [6.45, 7) is 3.68. The topological polar surface area (TPSA) is 113 Å². The van der Waals surface area contributed by atoms with Crippen molar-refractivity contribution in [2.24, 2.45) is 5.73 Å². The molecule has 5 N–H and O–H groups in total. The molecule has 1 aromatic heterocycles. The minimum absolute atomic E-state index is 0.0817. The van der Waals surface area contributed by atoms with Crippen LogP contribution in [0.5, 0.6) is 5.75 Å². The first-order valence-electron chi connectivity index (χ1n) is 9.41.